The first-order chi connectivity index (χ1) is 14.1. The molecule has 0 saturated carbocycles. The molecule has 3 aromatic rings. The fraction of sp³-hybridized carbons (Fsp3) is 0.182. The number of carbonyl (C=O) groups excluding carboxylic acids is 1. The van der Waals surface area contributed by atoms with Crippen LogP contribution in [-0.4, -0.2) is 24.0 Å². The fourth-order valence-electron chi connectivity index (χ4n) is 3.19. The van der Waals surface area contributed by atoms with Crippen LogP contribution >= 0.6 is 0 Å². The number of fused-ring (bicyclic) bond motifs is 1. The summed E-state index contributed by atoms with van der Waals surface area (Å²) in [4.78, 5) is 19.1. The Morgan fingerprint density at radius 1 is 1.00 bits per heavy atom. The zero-order valence-electron chi connectivity index (χ0n) is 15.8. The molecule has 1 aliphatic rings. The molecule has 7 heteroatoms. The average Bonchev–Trinajstić information content (AvgIpc) is 2.74. The van der Waals surface area contributed by atoms with Gasteiger partial charge in [0, 0.05) is 17.8 Å². The summed E-state index contributed by atoms with van der Waals surface area (Å²) >= 11 is 0. The SMILES string of the molecule is Nc1ccc(OCCCN2C(=O)C(c3ccccc3)Oc3ccc(N)nc32)cc1. The maximum atomic E-state index is 13.2. The van der Waals surface area contributed by atoms with Gasteiger partial charge in [-0.2, -0.15) is 0 Å². The first-order valence-corrected chi connectivity index (χ1v) is 9.39. The van der Waals surface area contributed by atoms with Gasteiger partial charge in [0.2, 0.25) is 6.10 Å². The van der Waals surface area contributed by atoms with Crippen molar-refractivity contribution in [1.82, 2.24) is 4.98 Å². The number of nitrogen functional groups attached to an aromatic ring is 2. The number of hydrogen-bond donors (Lipinski definition) is 2. The highest BCUT2D eigenvalue weighted by molar-refractivity contribution is 5.99. The van der Waals surface area contributed by atoms with Crippen LogP contribution in [0.2, 0.25) is 0 Å². The van der Waals surface area contributed by atoms with Crippen LogP contribution in [0.4, 0.5) is 17.3 Å². The van der Waals surface area contributed by atoms with Crippen molar-refractivity contribution in [2.45, 2.75) is 12.5 Å². The van der Waals surface area contributed by atoms with Gasteiger partial charge in [0.15, 0.2) is 11.6 Å². The zero-order valence-corrected chi connectivity index (χ0v) is 15.8. The van der Waals surface area contributed by atoms with Crippen LogP contribution in [-0.2, 0) is 4.79 Å². The molecule has 7 nitrogen and oxygen atoms in total. The van der Waals surface area contributed by atoms with Crippen LogP contribution in [0.25, 0.3) is 0 Å². The average molecular weight is 390 g/mol. The molecule has 29 heavy (non-hydrogen) atoms. The van der Waals surface area contributed by atoms with Crippen LogP contribution in [0.3, 0.4) is 0 Å². The molecule has 1 unspecified atom stereocenters. The Balaban J connectivity index is 1.49. The van der Waals surface area contributed by atoms with E-state index >= 15 is 0 Å². The van der Waals surface area contributed by atoms with Gasteiger partial charge in [-0.15, -0.1) is 0 Å². The quantitative estimate of drug-likeness (QED) is 0.495. The normalized spacial score (nSPS) is 15.5. The summed E-state index contributed by atoms with van der Waals surface area (Å²) in [6, 6.07) is 20.0. The van der Waals surface area contributed by atoms with Crippen molar-refractivity contribution in [3.63, 3.8) is 0 Å². The molecule has 4 N–H and O–H groups in total. The molecule has 0 bridgehead atoms. The van der Waals surface area contributed by atoms with E-state index in [2.05, 4.69) is 4.98 Å². The second-order valence-corrected chi connectivity index (χ2v) is 6.73. The fourth-order valence-corrected chi connectivity index (χ4v) is 3.19. The van der Waals surface area contributed by atoms with Crippen LogP contribution in [0.15, 0.2) is 66.7 Å². The van der Waals surface area contributed by atoms with Gasteiger partial charge in [0.1, 0.15) is 11.6 Å². The third kappa shape index (κ3) is 4.08. The van der Waals surface area contributed by atoms with Gasteiger partial charge in [-0.1, -0.05) is 30.3 Å². The summed E-state index contributed by atoms with van der Waals surface area (Å²) in [5.41, 5.74) is 13.0. The Bertz CT molecular complexity index is 993. The lowest BCUT2D eigenvalue weighted by Crippen LogP contribution is -2.42. The van der Waals surface area contributed by atoms with Crippen molar-refractivity contribution in [3.05, 3.63) is 72.3 Å². The maximum absolute atomic E-state index is 13.2. The Labute approximate surface area is 168 Å². The molecule has 1 aromatic heterocycles. The molecule has 0 saturated heterocycles. The minimum absolute atomic E-state index is 0.172. The van der Waals surface area contributed by atoms with Crippen molar-refractivity contribution in [2.24, 2.45) is 0 Å². The Morgan fingerprint density at radius 2 is 1.76 bits per heavy atom. The van der Waals surface area contributed by atoms with Gasteiger partial charge in [-0.25, -0.2) is 4.98 Å². The Morgan fingerprint density at radius 3 is 2.52 bits per heavy atom. The molecule has 0 aliphatic carbocycles. The second-order valence-electron chi connectivity index (χ2n) is 6.73. The third-order valence-corrected chi connectivity index (χ3v) is 4.63. The van der Waals surface area contributed by atoms with Crippen molar-refractivity contribution in [3.8, 4) is 11.5 Å². The minimum Gasteiger partial charge on any atom is -0.494 e. The third-order valence-electron chi connectivity index (χ3n) is 4.63. The summed E-state index contributed by atoms with van der Waals surface area (Å²) in [6.07, 6.45) is -0.0970. The van der Waals surface area contributed by atoms with Gasteiger partial charge in [-0.3, -0.25) is 9.69 Å². The van der Waals surface area contributed by atoms with Crippen LogP contribution < -0.4 is 25.8 Å². The first kappa shape index (κ1) is 18.6. The van der Waals surface area contributed by atoms with Gasteiger partial charge < -0.3 is 20.9 Å². The van der Waals surface area contributed by atoms with Crippen LogP contribution in [0, 0.1) is 0 Å². The lowest BCUT2D eigenvalue weighted by molar-refractivity contribution is -0.126. The van der Waals surface area contributed by atoms with Crippen molar-refractivity contribution < 1.29 is 14.3 Å². The molecule has 4 rings (SSSR count). The van der Waals surface area contributed by atoms with E-state index in [9.17, 15) is 4.79 Å². The zero-order chi connectivity index (χ0) is 20.2. The highest BCUT2D eigenvalue weighted by atomic mass is 16.5. The summed E-state index contributed by atoms with van der Waals surface area (Å²) in [7, 11) is 0. The number of nitrogens with zero attached hydrogens (tertiary/aromatic N) is 2. The number of benzene rings is 2. The maximum Gasteiger partial charge on any atom is 0.274 e. The van der Waals surface area contributed by atoms with Crippen molar-refractivity contribution in [2.75, 3.05) is 29.5 Å². The van der Waals surface area contributed by atoms with E-state index in [1.54, 1.807) is 29.2 Å². The topological polar surface area (TPSA) is 104 Å². The van der Waals surface area contributed by atoms with Gasteiger partial charge in [-0.05, 0) is 42.8 Å². The molecule has 0 fully saturated rings. The molecular weight excluding hydrogens is 368 g/mol. The molecule has 1 atom stereocenters. The summed E-state index contributed by atoms with van der Waals surface area (Å²) < 4.78 is 11.7. The van der Waals surface area contributed by atoms with E-state index in [4.69, 9.17) is 20.9 Å². The number of amides is 1. The number of pyridine rings is 1. The van der Waals surface area contributed by atoms with Gasteiger partial charge in [0.05, 0.1) is 6.61 Å². The molecular formula is C22H22N4O3. The first-order valence-electron chi connectivity index (χ1n) is 9.39. The molecule has 1 aliphatic heterocycles. The lowest BCUT2D eigenvalue weighted by atomic mass is 10.1. The van der Waals surface area contributed by atoms with Crippen LogP contribution in [0.1, 0.15) is 18.1 Å². The highest BCUT2D eigenvalue weighted by Crippen LogP contribution is 2.38. The van der Waals surface area contributed by atoms with Gasteiger partial charge in [0.25, 0.3) is 5.91 Å². The standard InChI is InChI=1S/C22H22N4O3/c23-16-7-9-17(10-8-16)28-14-4-13-26-21-18(11-12-19(24)25-21)29-20(22(26)27)15-5-2-1-3-6-15/h1-3,5-12,20H,4,13-14,23H2,(H2,24,25). The van der Waals surface area contributed by atoms with E-state index in [-0.39, 0.29) is 5.91 Å². The van der Waals surface area contributed by atoms with Crippen LogP contribution in [0.5, 0.6) is 11.5 Å². The number of rotatable bonds is 6. The Kier molecular flexibility index (Phi) is 5.20. The molecule has 2 aromatic carbocycles. The largest absolute Gasteiger partial charge is 0.494 e. The van der Waals surface area contributed by atoms with E-state index in [0.717, 1.165) is 11.3 Å². The Hall–Kier alpha value is -3.74. The number of anilines is 3. The van der Waals surface area contributed by atoms with Gasteiger partial charge >= 0.3 is 0 Å². The predicted molar refractivity (Wildman–Crippen MR) is 112 cm³/mol. The molecule has 0 spiro atoms. The summed E-state index contributed by atoms with van der Waals surface area (Å²) in [5, 5.41) is 0. The molecule has 0 radical (unpaired) electrons. The van der Waals surface area contributed by atoms with Crippen molar-refractivity contribution >= 4 is 23.2 Å². The number of nitrogens with two attached hydrogens (primary N) is 2. The van der Waals surface area contributed by atoms with E-state index in [1.165, 1.54) is 0 Å². The monoisotopic (exact) mass is 390 g/mol. The van der Waals surface area contributed by atoms with E-state index in [0.29, 0.717) is 42.6 Å². The molecule has 148 valence electrons. The summed E-state index contributed by atoms with van der Waals surface area (Å²) in [5.74, 6) is 1.87. The molecule has 2 heterocycles. The predicted octanol–water partition coefficient (Wildman–Crippen LogP) is 3.18. The minimum atomic E-state index is -0.716. The van der Waals surface area contributed by atoms with E-state index in [1.807, 2.05) is 42.5 Å². The van der Waals surface area contributed by atoms with Crippen molar-refractivity contribution in [1.29, 1.82) is 0 Å². The highest BCUT2D eigenvalue weighted by Gasteiger charge is 2.36. The number of carbonyl (C=O) groups is 1. The molecule has 1 amide bonds. The van der Waals surface area contributed by atoms with E-state index < -0.39 is 6.10 Å². The number of aromatic nitrogens is 1. The number of ether oxygens (including phenoxy) is 2. The smallest absolute Gasteiger partial charge is 0.274 e. The second kappa shape index (κ2) is 8.10. The number of hydrogen-bond acceptors (Lipinski definition) is 6. The lowest BCUT2D eigenvalue weighted by Gasteiger charge is -2.33. The summed E-state index contributed by atoms with van der Waals surface area (Å²) in [6.45, 7) is 0.881.